The molecule has 0 aliphatic heterocycles. The number of benzene rings is 3. The maximum Gasteiger partial charge on any atom is 0.429 e. The second-order valence-electron chi connectivity index (χ2n) is 9.11. The highest BCUT2D eigenvalue weighted by atomic mass is 35.5. The molecule has 0 atom stereocenters. The van der Waals surface area contributed by atoms with Gasteiger partial charge >= 0.3 is 6.11 Å². The van der Waals surface area contributed by atoms with Crippen molar-refractivity contribution in [1.82, 2.24) is 0 Å². The normalized spacial score (nSPS) is 18.2. The molecule has 1 aliphatic carbocycles. The fourth-order valence-electron chi connectivity index (χ4n) is 4.67. The molecule has 0 N–H and O–H groups in total. The zero-order valence-corrected chi connectivity index (χ0v) is 20.7. The summed E-state index contributed by atoms with van der Waals surface area (Å²) in [6.45, 7) is 3.48. The van der Waals surface area contributed by atoms with Crippen molar-refractivity contribution in [2.24, 2.45) is 5.92 Å². The fraction of sp³-hybridized carbons (Fsp3) is 0.357. The van der Waals surface area contributed by atoms with Gasteiger partial charge in [0.05, 0.1) is 5.02 Å². The van der Waals surface area contributed by atoms with E-state index in [-0.39, 0.29) is 17.7 Å². The lowest BCUT2D eigenvalue weighted by molar-refractivity contribution is -0.187. The third-order valence-corrected chi connectivity index (χ3v) is 7.07. The van der Waals surface area contributed by atoms with Gasteiger partial charge in [0.2, 0.25) is 0 Å². The second kappa shape index (κ2) is 11.4. The molecule has 0 amide bonds. The van der Waals surface area contributed by atoms with Gasteiger partial charge in [-0.25, -0.2) is 17.6 Å². The zero-order chi connectivity index (χ0) is 26.7. The highest BCUT2D eigenvalue weighted by Crippen LogP contribution is 2.41. The molecule has 0 bridgehead atoms. The Morgan fingerprint density at radius 2 is 1.49 bits per heavy atom. The molecule has 1 fully saturated rings. The van der Waals surface area contributed by atoms with E-state index < -0.39 is 45.7 Å². The van der Waals surface area contributed by atoms with Crippen molar-refractivity contribution in [2.75, 3.05) is 13.2 Å². The third-order valence-electron chi connectivity index (χ3n) is 6.70. The van der Waals surface area contributed by atoms with Gasteiger partial charge in [-0.1, -0.05) is 41.9 Å². The summed E-state index contributed by atoms with van der Waals surface area (Å²) >= 11 is 6.11. The molecule has 4 rings (SSSR count). The van der Waals surface area contributed by atoms with E-state index in [1.807, 2.05) is 19.1 Å². The molecular formula is C28H25ClF6O2. The molecule has 0 saturated heterocycles. The maximum atomic E-state index is 15.0. The molecule has 2 nitrogen and oxygen atoms in total. The van der Waals surface area contributed by atoms with Crippen LogP contribution in [0.2, 0.25) is 5.02 Å². The van der Waals surface area contributed by atoms with E-state index in [0.29, 0.717) is 24.0 Å². The molecule has 0 radical (unpaired) electrons. The molecule has 3 aromatic carbocycles. The summed E-state index contributed by atoms with van der Waals surface area (Å²) in [6.07, 6.45) is -0.0964. The minimum Gasteiger partial charge on any atom is -0.429 e. The number of hydrogen-bond donors (Lipinski definition) is 0. The predicted octanol–water partition coefficient (Wildman–Crippen LogP) is 9.00. The number of rotatable bonds is 8. The highest BCUT2D eigenvalue weighted by Gasteiger charge is 2.39. The van der Waals surface area contributed by atoms with Crippen LogP contribution in [-0.4, -0.2) is 13.2 Å². The summed E-state index contributed by atoms with van der Waals surface area (Å²) in [5, 5.41) is -0.554. The minimum atomic E-state index is -4.34. The minimum absolute atomic E-state index is 0.199. The van der Waals surface area contributed by atoms with Gasteiger partial charge in [-0.15, -0.1) is 0 Å². The van der Waals surface area contributed by atoms with Crippen LogP contribution < -0.4 is 4.74 Å². The lowest BCUT2D eigenvalue weighted by Gasteiger charge is -2.28. The van der Waals surface area contributed by atoms with E-state index in [4.69, 9.17) is 16.3 Å². The third kappa shape index (κ3) is 6.07. The Bertz CT molecular complexity index is 1220. The van der Waals surface area contributed by atoms with Crippen LogP contribution in [0, 0.1) is 29.2 Å². The molecule has 37 heavy (non-hydrogen) atoms. The number of hydrogen-bond acceptors (Lipinski definition) is 2. The second-order valence-corrected chi connectivity index (χ2v) is 9.49. The van der Waals surface area contributed by atoms with E-state index in [1.54, 1.807) is 12.1 Å². The van der Waals surface area contributed by atoms with Crippen molar-refractivity contribution in [3.63, 3.8) is 0 Å². The summed E-state index contributed by atoms with van der Waals surface area (Å²) in [4.78, 5) is 0. The van der Waals surface area contributed by atoms with E-state index in [1.165, 1.54) is 6.07 Å². The summed E-state index contributed by atoms with van der Waals surface area (Å²) in [6, 6.07) is 9.89. The van der Waals surface area contributed by atoms with Gasteiger partial charge in [-0.05, 0) is 61.6 Å². The summed E-state index contributed by atoms with van der Waals surface area (Å²) in [7, 11) is 0. The topological polar surface area (TPSA) is 18.5 Å². The summed E-state index contributed by atoms with van der Waals surface area (Å²) in [5.74, 6) is -6.76. The van der Waals surface area contributed by atoms with Crippen LogP contribution in [-0.2, 0) is 10.8 Å². The van der Waals surface area contributed by atoms with E-state index in [9.17, 15) is 26.3 Å². The van der Waals surface area contributed by atoms with E-state index in [2.05, 4.69) is 4.74 Å². The molecule has 198 valence electrons. The first-order valence-electron chi connectivity index (χ1n) is 12.0. The summed E-state index contributed by atoms with van der Waals surface area (Å²) in [5.41, 5.74) is 0.651. The monoisotopic (exact) mass is 542 g/mol. The first kappa shape index (κ1) is 27.3. The fourth-order valence-corrected chi connectivity index (χ4v) is 4.95. The molecule has 0 spiro atoms. The highest BCUT2D eigenvalue weighted by molar-refractivity contribution is 6.33. The molecule has 9 heteroatoms. The van der Waals surface area contributed by atoms with E-state index in [0.717, 1.165) is 43.9 Å². The van der Waals surface area contributed by atoms with Crippen LogP contribution in [0.4, 0.5) is 26.3 Å². The van der Waals surface area contributed by atoms with Gasteiger partial charge in [0.1, 0.15) is 11.3 Å². The average Bonchev–Trinajstić information content (AvgIpc) is 2.87. The standard InChI is InChI=1S/C28H25ClF6O2/c1-2-36-15-16-3-5-17(6-4-16)18-7-9-19(10-8-18)21-11-12-22(26(32)25(21)29)28(34,35)37-20-13-23(30)27(33)24(31)14-20/h7-14,16-17H,2-6,15H2,1H3. The Morgan fingerprint density at radius 1 is 0.865 bits per heavy atom. The Labute approximate surface area is 216 Å². The van der Waals surface area contributed by atoms with Crippen LogP contribution in [0.25, 0.3) is 11.1 Å². The van der Waals surface area contributed by atoms with Crippen molar-refractivity contribution >= 4 is 11.6 Å². The van der Waals surface area contributed by atoms with Crippen LogP contribution >= 0.6 is 11.6 Å². The lowest BCUT2D eigenvalue weighted by atomic mass is 9.79. The molecule has 3 aromatic rings. The smallest absolute Gasteiger partial charge is 0.429 e. The molecule has 0 heterocycles. The Balaban J connectivity index is 1.50. The largest absolute Gasteiger partial charge is 0.429 e. The molecule has 0 unspecified atom stereocenters. The number of halogens is 7. The van der Waals surface area contributed by atoms with Crippen LogP contribution in [0.5, 0.6) is 5.75 Å². The molecule has 1 saturated carbocycles. The first-order valence-corrected chi connectivity index (χ1v) is 12.4. The number of ether oxygens (including phenoxy) is 2. The maximum absolute atomic E-state index is 15.0. The van der Waals surface area contributed by atoms with Gasteiger partial charge in [0.25, 0.3) is 0 Å². The molecule has 0 aromatic heterocycles. The predicted molar refractivity (Wildman–Crippen MR) is 129 cm³/mol. The van der Waals surface area contributed by atoms with Gasteiger partial charge in [-0.3, -0.25) is 0 Å². The quantitative estimate of drug-likeness (QED) is 0.209. The van der Waals surface area contributed by atoms with Crippen LogP contribution in [0.15, 0.2) is 48.5 Å². The van der Waals surface area contributed by atoms with Crippen molar-refractivity contribution in [1.29, 1.82) is 0 Å². The average molecular weight is 543 g/mol. The van der Waals surface area contributed by atoms with Gasteiger partial charge < -0.3 is 9.47 Å². The lowest BCUT2D eigenvalue weighted by Crippen LogP contribution is -2.24. The zero-order valence-electron chi connectivity index (χ0n) is 20.0. The summed E-state index contributed by atoms with van der Waals surface area (Å²) < 4.78 is 94.0. The van der Waals surface area contributed by atoms with Crippen LogP contribution in [0.1, 0.15) is 49.7 Å². The Kier molecular flexibility index (Phi) is 8.39. The van der Waals surface area contributed by atoms with Crippen molar-refractivity contribution in [2.45, 2.75) is 44.6 Å². The Hall–Kier alpha value is -2.71. The van der Waals surface area contributed by atoms with Crippen molar-refractivity contribution in [3.8, 4) is 16.9 Å². The van der Waals surface area contributed by atoms with Gasteiger partial charge in [-0.2, -0.15) is 8.78 Å². The van der Waals surface area contributed by atoms with Gasteiger partial charge in [0, 0.05) is 30.9 Å². The van der Waals surface area contributed by atoms with Crippen molar-refractivity contribution in [3.05, 3.63) is 87.9 Å². The van der Waals surface area contributed by atoms with Gasteiger partial charge in [0.15, 0.2) is 23.3 Å². The SMILES string of the molecule is CCOCC1CCC(c2ccc(-c3ccc(C(F)(F)Oc4cc(F)c(F)c(F)c4)c(F)c3Cl)cc2)CC1. The van der Waals surface area contributed by atoms with Crippen molar-refractivity contribution < 1.29 is 35.8 Å². The Morgan fingerprint density at radius 3 is 2.08 bits per heavy atom. The molecule has 1 aliphatic rings. The van der Waals surface area contributed by atoms with E-state index >= 15 is 0 Å². The number of alkyl halides is 2. The molecular weight excluding hydrogens is 518 g/mol. The first-order chi connectivity index (χ1) is 17.6. The van der Waals surface area contributed by atoms with Crippen LogP contribution in [0.3, 0.4) is 0 Å².